The Morgan fingerprint density at radius 1 is 1.33 bits per heavy atom. The van der Waals surface area contributed by atoms with Gasteiger partial charge in [-0.1, -0.05) is 19.9 Å². The Balaban J connectivity index is 3.23. The summed E-state index contributed by atoms with van der Waals surface area (Å²) < 4.78 is 15.4. The molecule has 0 unspecified atom stereocenters. The van der Waals surface area contributed by atoms with Gasteiger partial charge in [-0.05, 0) is 30.5 Å². The van der Waals surface area contributed by atoms with Gasteiger partial charge in [-0.2, -0.15) is 0 Å². The van der Waals surface area contributed by atoms with Crippen LogP contribution in [0.25, 0.3) is 0 Å². The lowest BCUT2D eigenvalue weighted by Gasteiger charge is -2.20. The minimum Gasteiger partial charge on any atom is -0.479 e. The minimum atomic E-state index is -0.623. The third-order valence-corrected chi connectivity index (χ3v) is 3.42. The van der Waals surface area contributed by atoms with Crippen LogP contribution in [0.1, 0.15) is 29.8 Å². The van der Waals surface area contributed by atoms with Crippen LogP contribution in [0.4, 0.5) is 5.69 Å². The second kappa shape index (κ2) is 9.02. The molecular weight excluding hydrogens is 314 g/mol. The molecule has 0 amide bonds. The van der Waals surface area contributed by atoms with Gasteiger partial charge in [0, 0.05) is 13.2 Å². The molecule has 0 aliphatic carbocycles. The molecule has 0 saturated heterocycles. The second-order valence-electron chi connectivity index (χ2n) is 5.59. The highest BCUT2D eigenvalue weighted by Gasteiger charge is 2.24. The number of nitrogens with zero attached hydrogens (tertiary/aromatic N) is 1. The van der Waals surface area contributed by atoms with Gasteiger partial charge in [0.05, 0.1) is 24.2 Å². The van der Waals surface area contributed by atoms with E-state index in [1.54, 1.807) is 26.2 Å². The summed E-state index contributed by atoms with van der Waals surface area (Å²) in [6, 6.07) is 2.68. The van der Waals surface area contributed by atoms with E-state index in [-0.39, 0.29) is 29.0 Å². The van der Waals surface area contributed by atoms with Crippen LogP contribution in [0, 0.1) is 23.0 Å². The van der Waals surface area contributed by atoms with E-state index < -0.39 is 10.9 Å². The number of hydrogen-bond acceptors (Lipinski definition) is 6. The molecule has 0 N–H and O–H groups in total. The lowest BCUT2D eigenvalue weighted by atomic mass is 10.1. The van der Waals surface area contributed by atoms with Crippen molar-refractivity contribution in [1.29, 1.82) is 0 Å². The van der Waals surface area contributed by atoms with E-state index >= 15 is 0 Å². The van der Waals surface area contributed by atoms with Gasteiger partial charge in [0.15, 0.2) is 5.75 Å². The highest BCUT2D eigenvalue weighted by atomic mass is 16.6. The molecule has 0 aliphatic rings. The van der Waals surface area contributed by atoms with Gasteiger partial charge < -0.3 is 14.2 Å². The number of methoxy groups -OCH3 is 2. The lowest BCUT2D eigenvalue weighted by molar-refractivity contribution is -0.386. The molecule has 0 fully saturated rings. The zero-order valence-corrected chi connectivity index (χ0v) is 14.6. The number of aryl methyl sites for hydroxylation is 1. The third-order valence-electron chi connectivity index (χ3n) is 3.42. The molecule has 1 aromatic rings. The minimum absolute atomic E-state index is 0.0956. The summed E-state index contributed by atoms with van der Waals surface area (Å²) in [7, 11) is 2.81. The van der Waals surface area contributed by atoms with Crippen molar-refractivity contribution in [3.8, 4) is 5.75 Å². The van der Waals surface area contributed by atoms with Gasteiger partial charge in [0.25, 0.3) is 0 Å². The topological polar surface area (TPSA) is 87.9 Å². The molecule has 0 bridgehead atoms. The monoisotopic (exact) mass is 337 g/mol. The van der Waals surface area contributed by atoms with Crippen molar-refractivity contribution >= 4 is 11.7 Å². The Hall–Kier alpha value is -2.41. The molecule has 24 heavy (non-hydrogen) atoms. The van der Waals surface area contributed by atoms with Crippen molar-refractivity contribution in [3.63, 3.8) is 0 Å². The Bertz CT molecular complexity index is 624. The van der Waals surface area contributed by atoms with Gasteiger partial charge in [-0.15, -0.1) is 0 Å². The van der Waals surface area contributed by atoms with E-state index in [0.29, 0.717) is 12.2 Å². The number of carbonyl (C=O) groups is 1. The van der Waals surface area contributed by atoms with Crippen LogP contribution in [-0.4, -0.2) is 37.8 Å². The predicted octanol–water partition coefficient (Wildman–Crippen LogP) is 3.30. The maximum absolute atomic E-state index is 11.7. The molecule has 0 saturated carbocycles. The van der Waals surface area contributed by atoms with Crippen molar-refractivity contribution in [2.45, 2.75) is 26.9 Å². The third kappa shape index (κ3) is 5.06. The number of hydrogen-bond donors (Lipinski definition) is 0. The number of esters is 1. The first-order valence-electron chi connectivity index (χ1n) is 7.51. The first-order valence-corrected chi connectivity index (χ1v) is 7.51. The number of nitro benzene ring substituents is 1. The second-order valence-corrected chi connectivity index (χ2v) is 5.59. The van der Waals surface area contributed by atoms with E-state index in [1.807, 2.05) is 13.8 Å². The first-order chi connectivity index (χ1) is 11.3. The Morgan fingerprint density at radius 2 is 2.00 bits per heavy atom. The zero-order valence-electron chi connectivity index (χ0n) is 14.6. The molecule has 1 atom stereocenters. The van der Waals surface area contributed by atoms with Crippen molar-refractivity contribution in [3.05, 3.63) is 45.5 Å². The maximum Gasteiger partial charge on any atom is 0.338 e. The summed E-state index contributed by atoms with van der Waals surface area (Å²) in [6.07, 6.45) is 3.25. The lowest BCUT2D eigenvalue weighted by Crippen LogP contribution is -2.21. The number of benzene rings is 1. The van der Waals surface area contributed by atoms with Gasteiger partial charge in [0.2, 0.25) is 0 Å². The highest BCUT2D eigenvalue weighted by Crippen LogP contribution is 2.32. The normalized spacial score (nSPS) is 12.4. The van der Waals surface area contributed by atoms with Crippen molar-refractivity contribution < 1.29 is 23.9 Å². The Kier molecular flexibility index (Phi) is 7.38. The van der Waals surface area contributed by atoms with Gasteiger partial charge >= 0.3 is 11.7 Å². The smallest absolute Gasteiger partial charge is 0.338 e. The van der Waals surface area contributed by atoms with Crippen LogP contribution in [0.5, 0.6) is 5.75 Å². The number of ether oxygens (including phenoxy) is 3. The van der Waals surface area contributed by atoms with Crippen LogP contribution in [-0.2, 0) is 9.47 Å². The molecule has 7 heteroatoms. The summed E-state index contributed by atoms with van der Waals surface area (Å²) in [6.45, 7) is 6.00. The summed E-state index contributed by atoms with van der Waals surface area (Å²) in [5.41, 5.74) is 0.421. The van der Waals surface area contributed by atoms with Crippen molar-refractivity contribution in [2.75, 3.05) is 20.8 Å². The quantitative estimate of drug-likeness (QED) is 0.313. The summed E-state index contributed by atoms with van der Waals surface area (Å²) in [4.78, 5) is 22.5. The van der Waals surface area contributed by atoms with Crippen LogP contribution >= 0.6 is 0 Å². The maximum atomic E-state index is 11.7. The van der Waals surface area contributed by atoms with Crippen LogP contribution in [0.15, 0.2) is 24.3 Å². The SMILES string of the molecule is COC/C=C/[C@H](Oc1cc(C)c(C(=O)OC)cc1[N+](=O)[O-])C(C)C. The largest absolute Gasteiger partial charge is 0.479 e. The van der Waals surface area contributed by atoms with E-state index in [2.05, 4.69) is 4.74 Å². The first kappa shape index (κ1) is 19.6. The molecule has 1 aromatic carbocycles. The van der Waals surface area contributed by atoms with Gasteiger partial charge in [0.1, 0.15) is 6.10 Å². The average Bonchev–Trinajstić information content (AvgIpc) is 2.53. The van der Waals surface area contributed by atoms with Gasteiger partial charge in [-0.3, -0.25) is 10.1 Å². The predicted molar refractivity (Wildman–Crippen MR) is 89.4 cm³/mol. The summed E-state index contributed by atoms with van der Waals surface area (Å²) >= 11 is 0. The fourth-order valence-electron chi connectivity index (χ4n) is 2.07. The molecule has 0 spiro atoms. The highest BCUT2D eigenvalue weighted by molar-refractivity contribution is 5.92. The van der Waals surface area contributed by atoms with Crippen LogP contribution in [0.3, 0.4) is 0 Å². The van der Waals surface area contributed by atoms with Crippen molar-refractivity contribution in [2.24, 2.45) is 5.92 Å². The van der Waals surface area contributed by atoms with Crippen molar-refractivity contribution in [1.82, 2.24) is 0 Å². The molecule has 0 aliphatic heterocycles. The number of carbonyl (C=O) groups excluding carboxylic acids is 1. The summed E-state index contributed by atoms with van der Waals surface area (Å²) in [5.74, 6) is -0.410. The average molecular weight is 337 g/mol. The van der Waals surface area contributed by atoms with E-state index in [4.69, 9.17) is 9.47 Å². The summed E-state index contributed by atoms with van der Waals surface area (Å²) in [5, 5.41) is 11.3. The molecule has 1 rings (SSSR count). The fourth-order valence-corrected chi connectivity index (χ4v) is 2.07. The fraction of sp³-hybridized carbons (Fsp3) is 0.471. The number of rotatable bonds is 8. The Morgan fingerprint density at radius 3 is 2.50 bits per heavy atom. The zero-order chi connectivity index (χ0) is 18.3. The molecule has 132 valence electrons. The molecule has 7 nitrogen and oxygen atoms in total. The standard InChI is InChI=1S/C17H23NO6/c1-11(2)15(7-6-8-22-4)24-16-9-12(3)13(17(19)23-5)10-14(16)18(20)21/h6-7,9-11,15H,8H2,1-5H3/b7-6+/t15-/m0/s1. The molecular formula is C17H23NO6. The van der Waals surface area contributed by atoms with Crippen LogP contribution in [0.2, 0.25) is 0 Å². The molecule has 0 radical (unpaired) electrons. The molecule has 0 aromatic heterocycles. The van der Waals surface area contributed by atoms with Crippen LogP contribution < -0.4 is 4.74 Å². The van der Waals surface area contributed by atoms with E-state index in [0.717, 1.165) is 0 Å². The Labute approximate surface area is 141 Å². The number of nitro groups is 1. The molecule has 0 heterocycles. The van der Waals surface area contributed by atoms with E-state index in [1.165, 1.54) is 19.2 Å². The van der Waals surface area contributed by atoms with Gasteiger partial charge in [-0.25, -0.2) is 4.79 Å². The van der Waals surface area contributed by atoms with E-state index in [9.17, 15) is 14.9 Å².